The van der Waals surface area contributed by atoms with Crippen molar-refractivity contribution < 1.29 is 24.2 Å². The number of amides is 1. The third-order valence-corrected chi connectivity index (χ3v) is 4.92. The molecule has 2 unspecified atom stereocenters. The van der Waals surface area contributed by atoms with Gasteiger partial charge < -0.3 is 19.9 Å². The van der Waals surface area contributed by atoms with Crippen LogP contribution in [-0.2, 0) is 14.3 Å². The monoisotopic (exact) mass is 353 g/mol. The standard InChI is InChI=1S/C17H23NO5S/c1-22-13-4-6-14(7-5-13)24-10-8-15(19)18-16(17(20)21)12-3-2-9-23-11-12/h4-7,12,16H,2-3,8-11H2,1H3,(H,18,19)(H,20,21). The number of nitrogens with one attached hydrogen (secondary N) is 1. The predicted molar refractivity (Wildman–Crippen MR) is 91.4 cm³/mol. The number of thioether (sulfide) groups is 1. The molecule has 1 aliphatic heterocycles. The van der Waals surface area contributed by atoms with Crippen LogP contribution in [0.15, 0.2) is 29.2 Å². The summed E-state index contributed by atoms with van der Waals surface area (Å²) in [7, 11) is 1.61. The maximum Gasteiger partial charge on any atom is 0.326 e. The summed E-state index contributed by atoms with van der Waals surface area (Å²) in [5, 5.41) is 12.0. The summed E-state index contributed by atoms with van der Waals surface area (Å²) in [6.07, 6.45) is 1.86. The molecule has 0 spiro atoms. The van der Waals surface area contributed by atoms with Gasteiger partial charge in [-0.15, -0.1) is 11.8 Å². The summed E-state index contributed by atoms with van der Waals surface area (Å²) < 4.78 is 10.4. The van der Waals surface area contributed by atoms with E-state index >= 15 is 0 Å². The van der Waals surface area contributed by atoms with Crippen LogP contribution in [0.5, 0.6) is 5.75 Å². The smallest absolute Gasteiger partial charge is 0.326 e. The molecule has 0 saturated carbocycles. The van der Waals surface area contributed by atoms with E-state index in [0.717, 1.165) is 23.5 Å². The third-order valence-electron chi connectivity index (χ3n) is 3.91. The van der Waals surface area contributed by atoms with Crippen LogP contribution in [0.3, 0.4) is 0 Å². The minimum atomic E-state index is -0.998. The molecule has 1 saturated heterocycles. The van der Waals surface area contributed by atoms with Crippen molar-refractivity contribution in [1.82, 2.24) is 5.32 Å². The summed E-state index contributed by atoms with van der Waals surface area (Å²) >= 11 is 1.55. The molecule has 1 aliphatic rings. The topological polar surface area (TPSA) is 84.9 Å². The highest BCUT2D eigenvalue weighted by atomic mass is 32.2. The fraction of sp³-hybridized carbons (Fsp3) is 0.529. The van der Waals surface area contributed by atoms with E-state index in [2.05, 4.69) is 5.32 Å². The Morgan fingerprint density at radius 2 is 2.17 bits per heavy atom. The first-order valence-corrected chi connectivity index (χ1v) is 8.95. The van der Waals surface area contributed by atoms with E-state index in [4.69, 9.17) is 9.47 Å². The van der Waals surface area contributed by atoms with Crippen molar-refractivity contribution in [3.05, 3.63) is 24.3 Å². The molecule has 0 radical (unpaired) electrons. The van der Waals surface area contributed by atoms with Gasteiger partial charge in [-0.3, -0.25) is 4.79 Å². The van der Waals surface area contributed by atoms with Crippen molar-refractivity contribution >= 4 is 23.6 Å². The quantitative estimate of drug-likeness (QED) is 0.697. The number of hydrogen-bond acceptors (Lipinski definition) is 5. The Kier molecular flexibility index (Phi) is 7.39. The molecule has 0 aromatic heterocycles. The fourth-order valence-corrected chi connectivity index (χ4v) is 3.44. The second-order valence-corrected chi connectivity index (χ2v) is 6.80. The van der Waals surface area contributed by atoms with Crippen LogP contribution in [-0.4, -0.2) is 49.1 Å². The highest BCUT2D eigenvalue weighted by Gasteiger charge is 2.31. The molecule has 1 fully saturated rings. The average Bonchev–Trinajstić information content (AvgIpc) is 2.61. The van der Waals surface area contributed by atoms with Gasteiger partial charge in [0.2, 0.25) is 5.91 Å². The van der Waals surface area contributed by atoms with Crippen molar-refractivity contribution in [3.8, 4) is 5.75 Å². The van der Waals surface area contributed by atoms with Crippen molar-refractivity contribution in [2.24, 2.45) is 5.92 Å². The average molecular weight is 353 g/mol. The maximum atomic E-state index is 12.0. The summed E-state index contributed by atoms with van der Waals surface area (Å²) in [5.74, 6) is -0.0211. The second kappa shape index (κ2) is 9.54. The van der Waals surface area contributed by atoms with Gasteiger partial charge in [0, 0.05) is 29.6 Å². The van der Waals surface area contributed by atoms with Crippen molar-refractivity contribution in [2.45, 2.75) is 30.2 Å². The normalized spacial score (nSPS) is 18.6. The van der Waals surface area contributed by atoms with Crippen molar-refractivity contribution in [3.63, 3.8) is 0 Å². The Bertz CT molecular complexity index is 542. The first-order chi connectivity index (χ1) is 11.6. The van der Waals surface area contributed by atoms with E-state index in [0.29, 0.717) is 19.0 Å². The number of methoxy groups -OCH3 is 1. The van der Waals surface area contributed by atoms with Gasteiger partial charge in [-0.1, -0.05) is 0 Å². The number of carboxylic acid groups (broad SMARTS) is 1. The van der Waals surface area contributed by atoms with Crippen LogP contribution in [0.1, 0.15) is 19.3 Å². The number of hydrogen-bond donors (Lipinski definition) is 2. The first-order valence-electron chi connectivity index (χ1n) is 7.97. The van der Waals surface area contributed by atoms with Gasteiger partial charge in [-0.2, -0.15) is 0 Å². The molecule has 2 rings (SSSR count). The van der Waals surface area contributed by atoms with Crippen LogP contribution >= 0.6 is 11.8 Å². The van der Waals surface area contributed by atoms with Crippen LogP contribution in [0, 0.1) is 5.92 Å². The van der Waals surface area contributed by atoms with Gasteiger partial charge in [-0.25, -0.2) is 4.79 Å². The lowest BCUT2D eigenvalue weighted by Gasteiger charge is -2.28. The van der Waals surface area contributed by atoms with Gasteiger partial charge >= 0.3 is 5.97 Å². The minimum absolute atomic E-state index is 0.158. The molecule has 1 heterocycles. The maximum absolute atomic E-state index is 12.0. The lowest BCUT2D eigenvalue weighted by atomic mass is 9.93. The van der Waals surface area contributed by atoms with E-state index in [1.807, 2.05) is 24.3 Å². The molecule has 1 amide bonds. The van der Waals surface area contributed by atoms with E-state index in [1.165, 1.54) is 0 Å². The zero-order chi connectivity index (χ0) is 17.4. The van der Waals surface area contributed by atoms with Crippen LogP contribution < -0.4 is 10.1 Å². The van der Waals surface area contributed by atoms with E-state index in [1.54, 1.807) is 18.9 Å². The van der Waals surface area contributed by atoms with Gasteiger partial charge in [-0.05, 0) is 37.1 Å². The Balaban J connectivity index is 1.76. The number of ether oxygens (including phenoxy) is 2. The Labute approximate surface area is 145 Å². The van der Waals surface area contributed by atoms with Gasteiger partial charge in [0.1, 0.15) is 11.8 Å². The Morgan fingerprint density at radius 1 is 1.42 bits per heavy atom. The predicted octanol–water partition coefficient (Wildman–Crippen LogP) is 2.17. The second-order valence-electron chi connectivity index (χ2n) is 5.63. The number of rotatable bonds is 8. The van der Waals surface area contributed by atoms with Crippen molar-refractivity contribution in [2.75, 3.05) is 26.1 Å². The molecule has 6 nitrogen and oxygen atoms in total. The highest BCUT2D eigenvalue weighted by molar-refractivity contribution is 7.99. The van der Waals surface area contributed by atoms with Gasteiger partial charge in [0.25, 0.3) is 0 Å². The molecule has 1 aromatic carbocycles. The summed E-state index contributed by atoms with van der Waals surface area (Å²) in [6.45, 7) is 1.05. The molecule has 2 N–H and O–H groups in total. The first kappa shape index (κ1) is 18.6. The number of carbonyl (C=O) groups is 2. The Hall–Kier alpha value is -1.73. The van der Waals surface area contributed by atoms with Crippen LogP contribution in [0.4, 0.5) is 0 Å². The largest absolute Gasteiger partial charge is 0.497 e. The minimum Gasteiger partial charge on any atom is -0.497 e. The number of carboxylic acids is 1. The van der Waals surface area contributed by atoms with Crippen LogP contribution in [0.25, 0.3) is 0 Å². The van der Waals surface area contributed by atoms with Gasteiger partial charge in [0.05, 0.1) is 13.7 Å². The molecule has 7 heteroatoms. The van der Waals surface area contributed by atoms with E-state index < -0.39 is 12.0 Å². The fourth-order valence-electron chi connectivity index (χ4n) is 2.59. The van der Waals surface area contributed by atoms with Crippen molar-refractivity contribution in [1.29, 1.82) is 0 Å². The highest BCUT2D eigenvalue weighted by Crippen LogP contribution is 2.22. The molecule has 2 atom stereocenters. The zero-order valence-corrected chi connectivity index (χ0v) is 14.5. The van der Waals surface area contributed by atoms with Crippen LogP contribution in [0.2, 0.25) is 0 Å². The number of aliphatic carboxylic acids is 1. The summed E-state index contributed by atoms with van der Waals surface area (Å²) in [4.78, 5) is 24.5. The summed E-state index contributed by atoms with van der Waals surface area (Å²) in [5.41, 5.74) is 0. The van der Waals surface area contributed by atoms with E-state index in [9.17, 15) is 14.7 Å². The molecular formula is C17H23NO5S. The Morgan fingerprint density at radius 3 is 2.75 bits per heavy atom. The van der Waals surface area contributed by atoms with Gasteiger partial charge in [0.15, 0.2) is 0 Å². The summed E-state index contributed by atoms with van der Waals surface area (Å²) in [6, 6.07) is 6.73. The SMILES string of the molecule is COc1ccc(SCCC(=O)NC(C(=O)O)C2CCCOC2)cc1. The molecule has 0 aliphatic carbocycles. The third kappa shape index (κ3) is 5.72. The lowest BCUT2D eigenvalue weighted by Crippen LogP contribution is -2.48. The van der Waals surface area contributed by atoms with E-state index in [-0.39, 0.29) is 18.2 Å². The molecule has 132 valence electrons. The number of benzene rings is 1. The lowest BCUT2D eigenvalue weighted by molar-refractivity contribution is -0.145. The molecule has 1 aromatic rings. The molecular weight excluding hydrogens is 330 g/mol. The zero-order valence-electron chi connectivity index (χ0n) is 13.7. The number of carbonyl (C=O) groups excluding carboxylic acids is 1. The molecule has 24 heavy (non-hydrogen) atoms. The molecule has 0 bridgehead atoms.